The lowest BCUT2D eigenvalue weighted by molar-refractivity contribution is 0.177. The van der Waals surface area contributed by atoms with Gasteiger partial charge in [-0.3, -0.25) is 9.67 Å². The Labute approximate surface area is 108 Å². The van der Waals surface area contributed by atoms with Crippen molar-refractivity contribution in [3.8, 4) is 0 Å². The summed E-state index contributed by atoms with van der Waals surface area (Å²) in [5, 5.41) is 14.2. The molecule has 90 valence electrons. The topological polar surface area (TPSA) is 50.9 Å². The smallest absolute Gasteiger partial charge is 0.0875 e. The van der Waals surface area contributed by atoms with Gasteiger partial charge in [-0.1, -0.05) is 0 Å². The minimum Gasteiger partial charge on any atom is -0.388 e. The van der Waals surface area contributed by atoms with Crippen LogP contribution in [0.2, 0.25) is 0 Å². The highest BCUT2D eigenvalue weighted by Crippen LogP contribution is 2.17. The number of hydrogen-bond donors (Lipinski definition) is 1. The maximum Gasteiger partial charge on any atom is 0.0875 e. The molecule has 0 saturated carbocycles. The molecule has 5 heteroatoms. The largest absolute Gasteiger partial charge is 0.388 e. The number of rotatable bonds is 4. The highest BCUT2D eigenvalue weighted by atomic mass is 79.9. The molecule has 0 bridgehead atoms. The fraction of sp³-hybridized carbons (Fsp3) is 0.333. The highest BCUT2D eigenvalue weighted by Gasteiger charge is 2.11. The van der Waals surface area contributed by atoms with Gasteiger partial charge in [0.05, 0.1) is 12.3 Å². The van der Waals surface area contributed by atoms with Crippen molar-refractivity contribution in [3.63, 3.8) is 0 Å². The fourth-order valence-corrected chi connectivity index (χ4v) is 1.80. The first-order chi connectivity index (χ1) is 8.19. The maximum absolute atomic E-state index is 10.0. The minimum absolute atomic E-state index is 0.503. The van der Waals surface area contributed by atoms with Gasteiger partial charge < -0.3 is 5.11 Å². The summed E-state index contributed by atoms with van der Waals surface area (Å²) in [5.74, 6) is 0. The van der Waals surface area contributed by atoms with Gasteiger partial charge in [0.15, 0.2) is 0 Å². The zero-order valence-electron chi connectivity index (χ0n) is 9.55. The molecule has 2 aromatic rings. The van der Waals surface area contributed by atoms with Gasteiger partial charge >= 0.3 is 0 Å². The van der Waals surface area contributed by atoms with Gasteiger partial charge in [-0.2, -0.15) is 5.10 Å². The van der Waals surface area contributed by atoms with Crippen LogP contribution in [0.1, 0.15) is 24.3 Å². The standard InChI is InChI=1S/C12H14BrN3O/c1-2-16-8-9(6-15-16)12(17)5-11-4-3-10(13)7-14-11/h3-4,6-8,12,17H,2,5H2,1H3. The van der Waals surface area contributed by atoms with Crippen molar-refractivity contribution < 1.29 is 5.11 Å². The third-order valence-electron chi connectivity index (χ3n) is 2.55. The van der Waals surface area contributed by atoms with Crippen LogP contribution in [0.3, 0.4) is 0 Å². The molecule has 0 saturated heterocycles. The van der Waals surface area contributed by atoms with Gasteiger partial charge in [-0.25, -0.2) is 0 Å². The molecule has 2 aromatic heterocycles. The van der Waals surface area contributed by atoms with Crippen molar-refractivity contribution in [3.05, 3.63) is 46.5 Å². The molecule has 1 atom stereocenters. The molecular formula is C12H14BrN3O. The van der Waals surface area contributed by atoms with Crippen molar-refractivity contribution in [2.45, 2.75) is 26.0 Å². The SMILES string of the molecule is CCn1cc(C(O)Cc2ccc(Br)cn2)cn1. The van der Waals surface area contributed by atoms with E-state index >= 15 is 0 Å². The van der Waals surface area contributed by atoms with Crippen molar-refractivity contribution in [1.29, 1.82) is 0 Å². The van der Waals surface area contributed by atoms with Crippen LogP contribution in [0.15, 0.2) is 35.2 Å². The Hall–Kier alpha value is -1.20. The molecule has 0 amide bonds. The number of aliphatic hydroxyl groups is 1. The van der Waals surface area contributed by atoms with Crippen LogP contribution in [-0.4, -0.2) is 19.9 Å². The fourth-order valence-electron chi connectivity index (χ4n) is 1.57. The van der Waals surface area contributed by atoms with Crippen LogP contribution in [0.5, 0.6) is 0 Å². The molecule has 0 aliphatic rings. The quantitative estimate of drug-likeness (QED) is 0.942. The number of hydrogen-bond acceptors (Lipinski definition) is 3. The minimum atomic E-state index is -0.552. The summed E-state index contributed by atoms with van der Waals surface area (Å²) in [7, 11) is 0. The number of aromatic nitrogens is 3. The van der Waals surface area contributed by atoms with E-state index in [-0.39, 0.29) is 0 Å². The summed E-state index contributed by atoms with van der Waals surface area (Å²) < 4.78 is 2.74. The van der Waals surface area contributed by atoms with E-state index < -0.39 is 6.10 Å². The lowest BCUT2D eigenvalue weighted by Gasteiger charge is -2.07. The van der Waals surface area contributed by atoms with Crippen molar-refractivity contribution in [2.75, 3.05) is 0 Å². The summed E-state index contributed by atoms with van der Waals surface area (Å²) in [4.78, 5) is 4.24. The van der Waals surface area contributed by atoms with Crippen LogP contribution < -0.4 is 0 Å². The van der Waals surface area contributed by atoms with Crippen LogP contribution in [-0.2, 0) is 13.0 Å². The predicted octanol–water partition coefficient (Wildman–Crippen LogP) is 2.34. The van der Waals surface area contributed by atoms with Gasteiger partial charge in [-0.15, -0.1) is 0 Å². The molecule has 2 rings (SSSR count). The third kappa shape index (κ3) is 3.14. The molecule has 0 aliphatic heterocycles. The Morgan fingerprint density at radius 2 is 2.24 bits per heavy atom. The Morgan fingerprint density at radius 1 is 1.41 bits per heavy atom. The lowest BCUT2D eigenvalue weighted by Crippen LogP contribution is -2.02. The predicted molar refractivity (Wildman–Crippen MR) is 68.5 cm³/mol. The summed E-state index contributed by atoms with van der Waals surface area (Å²) in [6, 6.07) is 3.82. The van der Waals surface area contributed by atoms with E-state index in [1.165, 1.54) is 0 Å². The van der Waals surface area contributed by atoms with Gasteiger partial charge in [-0.05, 0) is 35.0 Å². The van der Waals surface area contributed by atoms with E-state index in [4.69, 9.17) is 0 Å². The van der Waals surface area contributed by atoms with Gasteiger partial charge in [0, 0.05) is 41.1 Å². The summed E-state index contributed by atoms with van der Waals surface area (Å²) in [6.45, 7) is 2.82. The second-order valence-corrected chi connectivity index (χ2v) is 4.73. The molecule has 1 N–H and O–H groups in total. The second kappa shape index (κ2) is 5.42. The molecular weight excluding hydrogens is 282 g/mol. The summed E-state index contributed by atoms with van der Waals surface area (Å²) in [6.07, 6.45) is 5.25. The Kier molecular flexibility index (Phi) is 3.91. The first kappa shape index (κ1) is 12.3. The molecule has 0 aliphatic carbocycles. The van der Waals surface area contributed by atoms with Crippen LogP contribution in [0.4, 0.5) is 0 Å². The van der Waals surface area contributed by atoms with Crippen molar-refractivity contribution in [2.24, 2.45) is 0 Å². The Bertz CT molecular complexity index is 481. The molecule has 0 fully saturated rings. The van der Waals surface area contributed by atoms with Crippen LogP contribution in [0.25, 0.3) is 0 Å². The van der Waals surface area contributed by atoms with Crippen LogP contribution in [0, 0.1) is 0 Å². The van der Waals surface area contributed by atoms with Gasteiger partial charge in [0.2, 0.25) is 0 Å². The molecule has 2 heterocycles. The van der Waals surface area contributed by atoms with E-state index in [9.17, 15) is 5.11 Å². The molecule has 17 heavy (non-hydrogen) atoms. The second-order valence-electron chi connectivity index (χ2n) is 3.82. The van der Waals surface area contributed by atoms with E-state index in [0.29, 0.717) is 6.42 Å². The number of nitrogens with zero attached hydrogens (tertiary/aromatic N) is 3. The lowest BCUT2D eigenvalue weighted by atomic mass is 10.1. The Morgan fingerprint density at radius 3 is 2.82 bits per heavy atom. The normalized spacial score (nSPS) is 12.6. The zero-order chi connectivity index (χ0) is 12.3. The average molecular weight is 296 g/mol. The molecule has 0 spiro atoms. The van der Waals surface area contributed by atoms with E-state index in [1.54, 1.807) is 17.1 Å². The average Bonchev–Trinajstić information content (AvgIpc) is 2.81. The van der Waals surface area contributed by atoms with Crippen molar-refractivity contribution >= 4 is 15.9 Å². The molecule has 0 aromatic carbocycles. The van der Waals surface area contributed by atoms with E-state index in [1.807, 2.05) is 25.3 Å². The van der Waals surface area contributed by atoms with Crippen LogP contribution >= 0.6 is 15.9 Å². The number of halogens is 1. The van der Waals surface area contributed by atoms with Gasteiger partial charge in [0.1, 0.15) is 0 Å². The Balaban J connectivity index is 2.05. The monoisotopic (exact) mass is 295 g/mol. The summed E-state index contributed by atoms with van der Waals surface area (Å²) in [5.41, 5.74) is 1.70. The van der Waals surface area contributed by atoms with Crippen molar-refractivity contribution in [1.82, 2.24) is 14.8 Å². The molecule has 4 nitrogen and oxygen atoms in total. The summed E-state index contributed by atoms with van der Waals surface area (Å²) >= 11 is 3.33. The third-order valence-corrected chi connectivity index (χ3v) is 3.02. The van der Waals surface area contributed by atoms with Gasteiger partial charge in [0.25, 0.3) is 0 Å². The molecule has 1 unspecified atom stereocenters. The number of aryl methyl sites for hydroxylation is 1. The molecule has 0 radical (unpaired) electrons. The van der Waals surface area contributed by atoms with E-state index in [2.05, 4.69) is 26.0 Å². The highest BCUT2D eigenvalue weighted by molar-refractivity contribution is 9.10. The first-order valence-electron chi connectivity index (χ1n) is 5.50. The number of aliphatic hydroxyl groups excluding tert-OH is 1. The van der Waals surface area contributed by atoms with E-state index in [0.717, 1.165) is 22.3 Å². The number of pyridine rings is 1. The first-order valence-corrected chi connectivity index (χ1v) is 6.29. The zero-order valence-corrected chi connectivity index (χ0v) is 11.1. The maximum atomic E-state index is 10.0.